The predicted molar refractivity (Wildman–Crippen MR) is 135 cm³/mol. The molecule has 2 atom stereocenters. The minimum Gasteiger partial charge on any atom is -0.480 e. The normalized spacial score (nSPS) is 13.2. The number of alkyl halides is 3. The lowest BCUT2D eigenvalue weighted by atomic mass is 10.00. The molecule has 0 radical (unpaired) electrons. The Balaban J connectivity index is 1.68. The molecule has 5 N–H and O–H groups in total. The molecule has 4 rings (SSSR count). The number of hydrogen-bond donors (Lipinski definition) is 3. The van der Waals surface area contributed by atoms with Crippen LogP contribution in [0.4, 0.5) is 23.5 Å². The van der Waals surface area contributed by atoms with Crippen LogP contribution in [-0.2, 0) is 11.2 Å². The van der Waals surface area contributed by atoms with E-state index in [-0.39, 0.29) is 29.2 Å². The molecule has 0 amide bonds. The zero-order valence-corrected chi connectivity index (χ0v) is 20.7. The van der Waals surface area contributed by atoms with Gasteiger partial charge in [-0.15, -0.1) is 11.3 Å². The topological polar surface area (TPSA) is 124 Å². The number of benzene rings is 2. The van der Waals surface area contributed by atoms with Gasteiger partial charge in [-0.1, -0.05) is 30.3 Å². The van der Waals surface area contributed by atoms with Crippen LogP contribution in [0.3, 0.4) is 0 Å². The van der Waals surface area contributed by atoms with E-state index < -0.39 is 36.0 Å². The van der Waals surface area contributed by atoms with Crippen LogP contribution in [0.25, 0.3) is 21.7 Å². The van der Waals surface area contributed by atoms with E-state index in [9.17, 15) is 22.4 Å². The van der Waals surface area contributed by atoms with Gasteiger partial charge in [-0.05, 0) is 48.1 Å². The fourth-order valence-corrected chi connectivity index (χ4v) is 4.71. The molecule has 2 aromatic heterocycles. The Hall–Kier alpha value is -4.03. The molecule has 4 aromatic rings. The number of rotatable bonds is 8. The number of aliphatic carboxylic acids is 1. The molecule has 0 saturated heterocycles. The fourth-order valence-electron chi connectivity index (χ4n) is 3.77. The van der Waals surface area contributed by atoms with Crippen LogP contribution >= 0.6 is 11.3 Å². The van der Waals surface area contributed by atoms with Crippen LogP contribution in [0, 0.1) is 12.7 Å². The largest absolute Gasteiger partial charge is 0.480 e. The Morgan fingerprint density at radius 2 is 1.82 bits per heavy atom. The number of aromatic nitrogens is 2. The van der Waals surface area contributed by atoms with Crippen molar-refractivity contribution in [3.63, 3.8) is 0 Å². The summed E-state index contributed by atoms with van der Waals surface area (Å²) in [5.74, 6) is -2.57. The lowest BCUT2D eigenvalue weighted by molar-refractivity contribution is -0.198. The molecule has 7 nitrogen and oxygen atoms in total. The van der Waals surface area contributed by atoms with Gasteiger partial charge in [-0.3, -0.25) is 4.79 Å². The first-order chi connectivity index (χ1) is 17.9. The van der Waals surface area contributed by atoms with Crippen molar-refractivity contribution in [2.24, 2.45) is 5.73 Å². The Bertz CT molecular complexity index is 1460. The minimum absolute atomic E-state index is 0.0582. The third-order valence-corrected chi connectivity index (χ3v) is 6.65. The smallest absolute Gasteiger partial charge is 0.429 e. The van der Waals surface area contributed by atoms with Gasteiger partial charge in [0.1, 0.15) is 11.9 Å². The number of carboxylic acids is 1. The highest BCUT2D eigenvalue weighted by Crippen LogP contribution is 2.42. The second-order valence-corrected chi connectivity index (χ2v) is 9.47. The van der Waals surface area contributed by atoms with Gasteiger partial charge in [-0.25, -0.2) is 9.37 Å². The number of ether oxygens (including phenoxy) is 1. The Morgan fingerprint density at radius 3 is 2.42 bits per heavy atom. The van der Waals surface area contributed by atoms with Crippen LogP contribution < -0.4 is 16.2 Å². The second-order valence-electron chi connectivity index (χ2n) is 8.55. The van der Waals surface area contributed by atoms with Crippen molar-refractivity contribution in [2.75, 3.05) is 5.73 Å². The highest BCUT2D eigenvalue weighted by molar-refractivity contribution is 7.13. The van der Waals surface area contributed by atoms with Gasteiger partial charge in [-0.2, -0.15) is 18.2 Å². The Morgan fingerprint density at radius 1 is 1.11 bits per heavy atom. The summed E-state index contributed by atoms with van der Waals surface area (Å²) in [5, 5.41) is 10.7. The molecular weight excluding hydrogens is 524 g/mol. The second kappa shape index (κ2) is 10.8. The van der Waals surface area contributed by atoms with Gasteiger partial charge in [0.25, 0.3) is 0 Å². The Kier molecular flexibility index (Phi) is 7.65. The zero-order valence-electron chi connectivity index (χ0n) is 19.9. The van der Waals surface area contributed by atoms with Crippen molar-refractivity contribution in [1.29, 1.82) is 0 Å². The molecule has 198 valence electrons. The average Bonchev–Trinajstić information content (AvgIpc) is 3.28. The van der Waals surface area contributed by atoms with E-state index in [1.165, 1.54) is 17.4 Å². The van der Waals surface area contributed by atoms with Crippen molar-refractivity contribution in [1.82, 2.24) is 9.97 Å². The van der Waals surface area contributed by atoms with E-state index in [4.69, 9.17) is 21.3 Å². The van der Waals surface area contributed by atoms with Crippen LogP contribution in [0.15, 0.2) is 60.0 Å². The minimum atomic E-state index is -4.87. The van der Waals surface area contributed by atoms with Gasteiger partial charge < -0.3 is 21.3 Å². The number of nitrogen functional groups attached to an aromatic ring is 1. The predicted octanol–water partition coefficient (Wildman–Crippen LogP) is 5.54. The van der Waals surface area contributed by atoms with Gasteiger partial charge in [0.05, 0.1) is 5.69 Å². The number of halogens is 4. The maximum absolute atomic E-state index is 14.3. The van der Waals surface area contributed by atoms with Crippen molar-refractivity contribution in [3.8, 4) is 27.6 Å². The first kappa shape index (κ1) is 27.0. The number of aryl methyl sites for hydroxylation is 1. The quantitative estimate of drug-likeness (QED) is 0.248. The van der Waals surface area contributed by atoms with Crippen molar-refractivity contribution >= 4 is 23.3 Å². The summed E-state index contributed by atoms with van der Waals surface area (Å²) in [7, 11) is 0. The first-order valence-electron chi connectivity index (χ1n) is 11.2. The summed E-state index contributed by atoms with van der Waals surface area (Å²) in [4.78, 5) is 19.4. The molecule has 0 aliphatic carbocycles. The maximum Gasteiger partial charge on any atom is 0.429 e. The van der Waals surface area contributed by atoms with Crippen molar-refractivity contribution in [2.45, 2.75) is 31.7 Å². The van der Waals surface area contributed by atoms with Crippen LogP contribution in [0.1, 0.15) is 22.8 Å². The number of nitrogens with two attached hydrogens (primary N) is 2. The summed E-state index contributed by atoms with van der Waals surface area (Å²) in [6.07, 6.45) is -7.25. The number of carboxylic acid groups (broad SMARTS) is 1. The summed E-state index contributed by atoms with van der Waals surface area (Å²) in [6.45, 7) is 1.79. The molecule has 2 heterocycles. The van der Waals surface area contributed by atoms with E-state index in [0.717, 1.165) is 23.8 Å². The molecule has 0 bridgehead atoms. The van der Waals surface area contributed by atoms with E-state index in [1.54, 1.807) is 42.6 Å². The highest BCUT2D eigenvalue weighted by Gasteiger charge is 2.45. The molecule has 0 fully saturated rings. The van der Waals surface area contributed by atoms with Crippen LogP contribution in [0.5, 0.6) is 5.88 Å². The van der Waals surface area contributed by atoms with Gasteiger partial charge in [0.2, 0.25) is 17.9 Å². The zero-order chi connectivity index (χ0) is 27.6. The molecule has 0 spiro atoms. The standard InChI is InChI=1S/C26H22F4N4O3S/c1-13-8-21(38-12-13)18-10-16(27)6-7-17(18)23(26(28,29)30)37-22-11-20(33-25(32)34-22)15-4-2-14(3-5-15)9-19(31)24(35)36/h2-8,10-12,19,23H,9,31H2,1H3,(H,35,36)(H2,32,33,34)/t19-,23?/m0/s1. The molecule has 2 aromatic carbocycles. The van der Waals surface area contributed by atoms with E-state index in [0.29, 0.717) is 16.0 Å². The molecule has 0 aliphatic heterocycles. The molecular formula is C26H22F4N4O3S. The van der Waals surface area contributed by atoms with Gasteiger partial charge in [0.15, 0.2) is 0 Å². The molecule has 12 heteroatoms. The van der Waals surface area contributed by atoms with Gasteiger partial charge in [0, 0.05) is 27.6 Å². The van der Waals surface area contributed by atoms with Crippen molar-refractivity contribution < 1.29 is 32.2 Å². The fraction of sp³-hybridized carbons (Fsp3) is 0.192. The average molecular weight is 547 g/mol. The van der Waals surface area contributed by atoms with Gasteiger partial charge >= 0.3 is 12.1 Å². The van der Waals surface area contributed by atoms with E-state index >= 15 is 0 Å². The number of hydrogen-bond acceptors (Lipinski definition) is 7. The maximum atomic E-state index is 14.3. The summed E-state index contributed by atoms with van der Waals surface area (Å²) in [5.41, 5.74) is 13.3. The van der Waals surface area contributed by atoms with Crippen molar-refractivity contribution in [3.05, 3.63) is 82.5 Å². The summed E-state index contributed by atoms with van der Waals surface area (Å²) in [6, 6.07) is 11.3. The third kappa shape index (κ3) is 6.26. The Labute approximate surface area is 218 Å². The highest BCUT2D eigenvalue weighted by atomic mass is 32.1. The summed E-state index contributed by atoms with van der Waals surface area (Å²) < 4.78 is 62.3. The van der Waals surface area contributed by atoms with E-state index in [1.807, 2.05) is 0 Å². The lowest BCUT2D eigenvalue weighted by Gasteiger charge is -2.24. The number of carbonyl (C=O) groups is 1. The molecule has 38 heavy (non-hydrogen) atoms. The molecule has 0 saturated carbocycles. The summed E-state index contributed by atoms with van der Waals surface area (Å²) >= 11 is 1.19. The lowest BCUT2D eigenvalue weighted by Crippen LogP contribution is -2.32. The molecule has 0 aliphatic rings. The third-order valence-electron chi connectivity index (χ3n) is 5.57. The van der Waals surface area contributed by atoms with E-state index in [2.05, 4.69) is 9.97 Å². The van der Waals surface area contributed by atoms with Crippen LogP contribution in [-0.4, -0.2) is 33.3 Å². The molecule has 1 unspecified atom stereocenters. The first-order valence-corrected chi connectivity index (χ1v) is 12.1. The number of nitrogens with zero attached hydrogens (tertiary/aromatic N) is 2. The van der Waals surface area contributed by atoms with Crippen LogP contribution in [0.2, 0.25) is 0 Å². The SMILES string of the molecule is Cc1csc(-c2cc(F)ccc2C(Oc2cc(-c3ccc(C[C@H](N)C(=O)O)cc3)nc(N)n2)C(F)(F)F)c1. The monoisotopic (exact) mass is 546 g/mol. The number of anilines is 1. The number of thiophene rings is 1.